The molecule has 2 N–H and O–H groups in total. The van der Waals surface area contributed by atoms with E-state index in [0.717, 1.165) is 0 Å². The Balaban J connectivity index is 2.16. The van der Waals surface area contributed by atoms with Gasteiger partial charge in [0, 0.05) is 23.4 Å². The molecule has 0 amide bonds. The van der Waals surface area contributed by atoms with E-state index in [-0.39, 0.29) is 12.2 Å². The molecule has 0 aliphatic heterocycles. The molecule has 0 spiro atoms. The number of thiazole rings is 1. The maximum atomic E-state index is 13.5. The van der Waals surface area contributed by atoms with Gasteiger partial charge in [0.15, 0.2) is 5.78 Å². The van der Waals surface area contributed by atoms with Gasteiger partial charge in [0.25, 0.3) is 0 Å². The van der Waals surface area contributed by atoms with Crippen LogP contribution >= 0.6 is 22.9 Å². The Morgan fingerprint density at radius 3 is 2.89 bits per heavy atom. The summed E-state index contributed by atoms with van der Waals surface area (Å²) in [5.41, 5.74) is 6.06. The minimum atomic E-state index is -0.481. The van der Waals surface area contributed by atoms with Crippen LogP contribution in [0.3, 0.4) is 0 Å². The minimum absolute atomic E-state index is 0.0310. The standard InChI is InChI=1S/C12H10ClFN2OS/c13-8-2-1-7(9(14)4-8)3-11(17)10-6-18-12(5-15)16-10/h1-2,4,6H,3,5,15H2. The molecule has 0 aliphatic rings. The second-order valence-corrected chi connectivity index (χ2v) is 5.05. The van der Waals surface area contributed by atoms with Crippen molar-refractivity contribution in [2.24, 2.45) is 5.73 Å². The number of nitrogens with two attached hydrogens (primary N) is 1. The van der Waals surface area contributed by atoms with Crippen LogP contribution in [0, 0.1) is 5.82 Å². The topological polar surface area (TPSA) is 56.0 Å². The summed E-state index contributed by atoms with van der Waals surface area (Å²) in [6, 6.07) is 4.25. The Kier molecular flexibility index (Phi) is 4.06. The van der Waals surface area contributed by atoms with Gasteiger partial charge in [0.2, 0.25) is 0 Å². The average molecular weight is 285 g/mol. The molecular weight excluding hydrogens is 275 g/mol. The fourth-order valence-electron chi connectivity index (χ4n) is 1.46. The van der Waals surface area contributed by atoms with Crippen molar-refractivity contribution < 1.29 is 9.18 Å². The lowest BCUT2D eigenvalue weighted by atomic mass is 10.1. The van der Waals surface area contributed by atoms with Crippen molar-refractivity contribution >= 4 is 28.7 Å². The van der Waals surface area contributed by atoms with Crippen LogP contribution in [0.25, 0.3) is 0 Å². The molecule has 1 aromatic carbocycles. The lowest BCUT2D eigenvalue weighted by Gasteiger charge is -2.01. The molecule has 0 unspecified atom stereocenters. The molecule has 6 heteroatoms. The van der Waals surface area contributed by atoms with Crippen molar-refractivity contribution in [1.29, 1.82) is 0 Å². The molecule has 2 aromatic rings. The molecule has 0 saturated carbocycles. The van der Waals surface area contributed by atoms with Crippen molar-refractivity contribution in [3.05, 3.63) is 50.7 Å². The zero-order valence-corrected chi connectivity index (χ0v) is 10.9. The largest absolute Gasteiger partial charge is 0.325 e. The average Bonchev–Trinajstić information content (AvgIpc) is 2.81. The van der Waals surface area contributed by atoms with Crippen LogP contribution in [0.4, 0.5) is 4.39 Å². The fraction of sp³-hybridized carbons (Fsp3) is 0.167. The highest BCUT2D eigenvalue weighted by molar-refractivity contribution is 7.09. The van der Waals surface area contributed by atoms with Crippen molar-refractivity contribution in [3.63, 3.8) is 0 Å². The summed E-state index contributed by atoms with van der Waals surface area (Å²) < 4.78 is 13.5. The van der Waals surface area contributed by atoms with Gasteiger partial charge < -0.3 is 5.73 Å². The van der Waals surface area contributed by atoms with Gasteiger partial charge in [-0.1, -0.05) is 17.7 Å². The quantitative estimate of drug-likeness (QED) is 0.879. The Morgan fingerprint density at radius 1 is 1.50 bits per heavy atom. The summed E-state index contributed by atoms with van der Waals surface area (Å²) in [5, 5.41) is 2.64. The van der Waals surface area contributed by atoms with Crippen molar-refractivity contribution in [3.8, 4) is 0 Å². The number of carbonyl (C=O) groups excluding carboxylic acids is 1. The zero-order valence-electron chi connectivity index (χ0n) is 9.32. The van der Waals surface area contributed by atoms with Gasteiger partial charge in [0.05, 0.1) is 0 Å². The molecule has 0 aliphatic carbocycles. The predicted octanol–water partition coefficient (Wildman–Crippen LogP) is 2.82. The number of aromatic nitrogens is 1. The van der Waals surface area contributed by atoms with Crippen LogP contribution in [0.2, 0.25) is 5.02 Å². The van der Waals surface area contributed by atoms with Gasteiger partial charge in [-0.15, -0.1) is 11.3 Å². The van der Waals surface area contributed by atoms with Gasteiger partial charge >= 0.3 is 0 Å². The molecule has 3 nitrogen and oxygen atoms in total. The third-order valence-corrected chi connectivity index (χ3v) is 3.48. The molecular formula is C12H10ClFN2OS. The van der Waals surface area contributed by atoms with E-state index >= 15 is 0 Å². The van der Waals surface area contributed by atoms with E-state index in [0.29, 0.717) is 27.8 Å². The van der Waals surface area contributed by atoms with E-state index in [1.54, 1.807) is 11.4 Å². The van der Waals surface area contributed by atoms with Gasteiger partial charge in [-0.05, 0) is 17.7 Å². The lowest BCUT2D eigenvalue weighted by Crippen LogP contribution is -2.06. The van der Waals surface area contributed by atoms with E-state index in [2.05, 4.69) is 4.98 Å². The molecule has 0 fully saturated rings. The van der Waals surface area contributed by atoms with Crippen LogP contribution in [0.15, 0.2) is 23.6 Å². The molecule has 1 aromatic heterocycles. The number of Topliss-reactive ketones (excluding diaryl/α,β-unsaturated/α-hetero) is 1. The van der Waals surface area contributed by atoms with Gasteiger partial charge in [-0.2, -0.15) is 0 Å². The molecule has 0 saturated heterocycles. The number of rotatable bonds is 4. The highest BCUT2D eigenvalue weighted by atomic mass is 35.5. The highest BCUT2D eigenvalue weighted by Gasteiger charge is 2.13. The number of ketones is 1. The monoisotopic (exact) mass is 284 g/mol. The molecule has 1 heterocycles. The molecule has 2 rings (SSSR count). The number of hydrogen-bond donors (Lipinski definition) is 1. The molecule has 0 bridgehead atoms. The minimum Gasteiger partial charge on any atom is -0.325 e. The second kappa shape index (κ2) is 5.56. The molecule has 18 heavy (non-hydrogen) atoms. The maximum absolute atomic E-state index is 13.5. The van der Waals surface area contributed by atoms with Crippen LogP contribution in [-0.4, -0.2) is 10.8 Å². The number of halogens is 2. The second-order valence-electron chi connectivity index (χ2n) is 3.67. The summed E-state index contributed by atoms with van der Waals surface area (Å²) in [7, 11) is 0. The van der Waals surface area contributed by atoms with Crippen LogP contribution in [-0.2, 0) is 13.0 Å². The number of nitrogens with zero attached hydrogens (tertiary/aromatic N) is 1. The first-order valence-corrected chi connectivity index (χ1v) is 6.47. The number of benzene rings is 1. The summed E-state index contributed by atoms with van der Waals surface area (Å²) >= 11 is 6.97. The first kappa shape index (κ1) is 13.1. The Morgan fingerprint density at radius 2 is 2.28 bits per heavy atom. The zero-order chi connectivity index (χ0) is 13.1. The van der Waals surface area contributed by atoms with Crippen molar-refractivity contribution in [1.82, 2.24) is 4.98 Å². The summed E-state index contributed by atoms with van der Waals surface area (Å²) in [6.45, 7) is 0.299. The number of carbonyl (C=O) groups is 1. The molecule has 0 atom stereocenters. The summed E-state index contributed by atoms with van der Waals surface area (Å²) in [4.78, 5) is 16.0. The first-order chi connectivity index (χ1) is 8.60. The Labute approximate surface area is 112 Å². The van der Waals surface area contributed by atoms with Gasteiger partial charge in [-0.3, -0.25) is 4.79 Å². The Hall–Kier alpha value is -1.30. The highest BCUT2D eigenvalue weighted by Crippen LogP contribution is 2.17. The SMILES string of the molecule is NCc1nc(C(=O)Cc2ccc(Cl)cc2F)cs1. The predicted molar refractivity (Wildman–Crippen MR) is 69.4 cm³/mol. The summed E-state index contributed by atoms with van der Waals surface area (Å²) in [6.07, 6.45) is -0.0310. The third-order valence-electron chi connectivity index (χ3n) is 2.38. The van der Waals surface area contributed by atoms with Crippen molar-refractivity contribution in [2.45, 2.75) is 13.0 Å². The lowest BCUT2D eigenvalue weighted by molar-refractivity contribution is 0.0987. The van der Waals surface area contributed by atoms with Crippen LogP contribution in [0.5, 0.6) is 0 Å². The van der Waals surface area contributed by atoms with E-state index in [4.69, 9.17) is 17.3 Å². The van der Waals surface area contributed by atoms with Crippen molar-refractivity contribution in [2.75, 3.05) is 0 Å². The van der Waals surface area contributed by atoms with Crippen LogP contribution in [0.1, 0.15) is 21.1 Å². The maximum Gasteiger partial charge on any atom is 0.186 e. The molecule has 94 valence electrons. The third kappa shape index (κ3) is 2.93. The summed E-state index contributed by atoms with van der Waals surface area (Å²) in [5.74, 6) is -0.711. The fourth-order valence-corrected chi connectivity index (χ4v) is 2.30. The van der Waals surface area contributed by atoms with E-state index in [1.165, 1.54) is 23.5 Å². The molecule has 0 radical (unpaired) electrons. The smallest absolute Gasteiger partial charge is 0.186 e. The first-order valence-electron chi connectivity index (χ1n) is 5.21. The van der Waals surface area contributed by atoms with Gasteiger partial charge in [0.1, 0.15) is 16.5 Å². The normalized spacial score (nSPS) is 10.6. The Bertz CT molecular complexity index is 585. The van der Waals surface area contributed by atoms with Gasteiger partial charge in [-0.25, -0.2) is 9.37 Å². The van der Waals surface area contributed by atoms with E-state index < -0.39 is 5.82 Å². The van der Waals surface area contributed by atoms with E-state index in [9.17, 15) is 9.18 Å². The number of hydrogen-bond acceptors (Lipinski definition) is 4. The van der Waals surface area contributed by atoms with Crippen LogP contribution < -0.4 is 5.73 Å². The van der Waals surface area contributed by atoms with E-state index in [1.807, 2.05) is 0 Å².